The summed E-state index contributed by atoms with van der Waals surface area (Å²) >= 11 is 0. The molecule has 0 radical (unpaired) electrons. The average molecular weight is 368 g/mol. The maximum Gasteiger partial charge on any atom is 0.416 e. The van der Waals surface area contributed by atoms with Gasteiger partial charge in [-0.25, -0.2) is 0 Å². The van der Waals surface area contributed by atoms with Gasteiger partial charge in [0, 0.05) is 6.54 Å². The van der Waals surface area contributed by atoms with E-state index in [9.17, 15) is 23.1 Å². The van der Waals surface area contributed by atoms with Crippen LogP contribution in [0.15, 0.2) is 54.6 Å². The summed E-state index contributed by atoms with van der Waals surface area (Å²) in [7, 11) is 0. The van der Waals surface area contributed by atoms with Crippen LogP contribution in [0.25, 0.3) is 0 Å². The highest BCUT2D eigenvalue weighted by molar-refractivity contribution is 5.82. The Morgan fingerprint density at radius 2 is 1.73 bits per heavy atom. The smallest absolute Gasteiger partial charge is 0.416 e. The number of alkyl halides is 3. The molecule has 0 saturated heterocycles. The van der Waals surface area contributed by atoms with Crippen LogP contribution in [0.4, 0.5) is 13.2 Å². The number of carbonyl (C=O) groups is 1. The van der Waals surface area contributed by atoms with E-state index in [0.717, 1.165) is 12.1 Å². The summed E-state index contributed by atoms with van der Waals surface area (Å²) < 4.78 is 42.6. The number of ether oxygens (including phenoxy) is 1. The fourth-order valence-electron chi connectivity index (χ4n) is 2.13. The van der Waals surface area contributed by atoms with Gasteiger partial charge in [0.1, 0.15) is 24.5 Å². The molecule has 0 fully saturated rings. The van der Waals surface area contributed by atoms with Crippen molar-refractivity contribution in [3.63, 3.8) is 0 Å². The molecule has 0 bridgehead atoms. The predicted molar refractivity (Wildman–Crippen MR) is 89.3 cm³/mol. The number of amides is 1. The molecule has 8 heteroatoms. The molecule has 0 saturated carbocycles. The summed E-state index contributed by atoms with van der Waals surface area (Å²) in [6, 6.07) is 12.0. The molecular formula is C18H19F3N2O3. The lowest BCUT2D eigenvalue weighted by Crippen LogP contribution is -2.40. The number of benzene rings is 2. The minimum absolute atomic E-state index is 0.0972. The van der Waals surface area contributed by atoms with Crippen LogP contribution < -0.4 is 15.8 Å². The van der Waals surface area contributed by atoms with Crippen LogP contribution in [0.1, 0.15) is 17.2 Å². The Labute approximate surface area is 148 Å². The normalized spacial score (nSPS) is 13.7. The number of aliphatic hydroxyl groups excluding tert-OH is 1. The molecular weight excluding hydrogens is 349 g/mol. The number of hydrogen-bond acceptors (Lipinski definition) is 4. The van der Waals surface area contributed by atoms with Crippen LogP contribution in [-0.4, -0.2) is 30.3 Å². The lowest BCUT2D eigenvalue weighted by Gasteiger charge is -2.16. The second-order valence-corrected chi connectivity index (χ2v) is 5.62. The van der Waals surface area contributed by atoms with E-state index in [0.29, 0.717) is 5.56 Å². The summed E-state index contributed by atoms with van der Waals surface area (Å²) in [5, 5.41) is 12.3. The molecule has 2 rings (SSSR count). The predicted octanol–water partition coefficient (Wildman–Crippen LogP) is 2.26. The van der Waals surface area contributed by atoms with E-state index in [1.54, 1.807) is 30.3 Å². The Kier molecular flexibility index (Phi) is 6.59. The fourth-order valence-corrected chi connectivity index (χ4v) is 2.13. The van der Waals surface area contributed by atoms with Gasteiger partial charge < -0.3 is 20.9 Å². The van der Waals surface area contributed by atoms with Crippen molar-refractivity contribution in [3.8, 4) is 5.75 Å². The van der Waals surface area contributed by atoms with Gasteiger partial charge in [-0.3, -0.25) is 4.79 Å². The first kappa shape index (κ1) is 19.7. The molecule has 4 N–H and O–H groups in total. The summed E-state index contributed by atoms with van der Waals surface area (Å²) in [6.07, 6.45) is -5.45. The van der Waals surface area contributed by atoms with Gasteiger partial charge in [-0.2, -0.15) is 13.2 Å². The van der Waals surface area contributed by atoms with Crippen molar-refractivity contribution >= 4 is 5.91 Å². The molecule has 5 nitrogen and oxygen atoms in total. The van der Waals surface area contributed by atoms with E-state index >= 15 is 0 Å². The minimum Gasteiger partial charge on any atom is -0.491 e. The number of rotatable bonds is 7. The largest absolute Gasteiger partial charge is 0.491 e. The number of nitrogens with one attached hydrogen (secondary N) is 1. The Hall–Kier alpha value is -2.58. The average Bonchev–Trinajstić information content (AvgIpc) is 2.64. The van der Waals surface area contributed by atoms with Crippen LogP contribution in [0.5, 0.6) is 5.75 Å². The van der Waals surface area contributed by atoms with E-state index in [2.05, 4.69) is 5.32 Å². The monoisotopic (exact) mass is 368 g/mol. The van der Waals surface area contributed by atoms with Crippen LogP contribution in [0, 0.1) is 0 Å². The molecule has 2 atom stereocenters. The molecule has 0 aliphatic carbocycles. The van der Waals surface area contributed by atoms with Crippen molar-refractivity contribution < 1.29 is 27.8 Å². The van der Waals surface area contributed by atoms with Gasteiger partial charge in [0.25, 0.3) is 0 Å². The lowest BCUT2D eigenvalue weighted by molar-refractivity contribution is -0.137. The molecule has 2 aromatic rings. The summed E-state index contributed by atoms with van der Waals surface area (Å²) in [6.45, 7) is -0.285. The lowest BCUT2D eigenvalue weighted by atomic mass is 10.1. The van der Waals surface area contributed by atoms with Crippen molar-refractivity contribution in [2.24, 2.45) is 5.73 Å². The molecule has 2 unspecified atom stereocenters. The van der Waals surface area contributed by atoms with E-state index in [1.165, 1.54) is 12.1 Å². The SMILES string of the molecule is NC(C(=O)NCC(O)COc1ccc(C(F)(F)F)cc1)c1ccccc1. The van der Waals surface area contributed by atoms with E-state index in [1.807, 2.05) is 0 Å². The highest BCUT2D eigenvalue weighted by atomic mass is 19.4. The molecule has 1 amide bonds. The van der Waals surface area contributed by atoms with Gasteiger partial charge in [0.05, 0.1) is 5.56 Å². The van der Waals surface area contributed by atoms with Crippen LogP contribution in [0.2, 0.25) is 0 Å². The van der Waals surface area contributed by atoms with Gasteiger partial charge in [-0.1, -0.05) is 30.3 Å². The van der Waals surface area contributed by atoms with Crippen LogP contribution in [-0.2, 0) is 11.0 Å². The van der Waals surface area contributed by atoms with Crippen molar-refractivity contribution in [1.29, 1.82) is 0 Å². The molecule has 0 aliphatic rings. The zero-order valence-corrected chi connectivity index (χ0v) is 13.7. The third-order valence-electron chi connectivity index (χ3n) is 3.58. The van der Waals surface area contributed by atoms with Crippen LogP contribution in [0.3, 0.4) is 0 Å². The van der Waals surface area contributed by atoms with Crippen molar-refractivity contribution in [3.05, 3.63) is 65.7 Å². The topological polar surface area (TPSA) is 84.6 Å². The first-order valence-corrected chi connectivity index (χ1v) is 7.83. The molecule has 0 heterocycles. The molecule has 0 aliphatic heterocycles. The highest BCUT2D eigenvalue weighted by Gasteiger charge is 2.30. The van der Waals surface area contributed by atoms with E-state index in [4.69, 9.17) is 10.5 Å². The molecule has 0 aromatic heterocycles. The number of carbonyl (C=O) groups excluding carboxylic acids is 1. The Bertz CT molecular complexity index is 706. The van der Waals surface area contributed by atoms with Crippen LogP contribution >= 0.6 is 0 Å². The zero-order chi connectivity index (χ0) is 19.2. The van der Waals surface area contributed by atoms with E-state index in [-0.39, 0.29) is 18.9 Å². The molecule has 26 heavy (non-hydrogen) atoms. The first-order valence-electron chi connectivity index (χ1n) is 7.83. The van der Waals surface area contributed by atoms with Gasteiger partial charge in [0.15, 0.2) is 0 Å². The summed E-state index contributed by atoms with van der Waals surface area (Å²) in [5.41, 5.74) is 5.68. The van der Waals surface area contributed by atoms with Crippen molar-refractivity contribution in [2.75, 3.05) is 13.2 Å². The number of nitrogens with two attached hydrogens (primary N) is 1. The maximum atomic E-state index is 12.5. The minimum atomic E-state index is -4.42. The molecule has 140 valence electrons. The second-order valence-electron chi connectivity index (χ2n) is 5.62. The first-order chi connectivity index (χ1) is 12.3. The second kappa shape index (κ2) is 8.68. The Balaban J connectivity index is 1.76. The zero-order valence-electron chi connectivity index (χ0n) is 13.7. The van der Waals surface area contributed by atoms with E-state index < -0.39 is 29.8 Å². The number of aliphatic hydroxyl groups is 1. The third kappa shape index (κ3) is 5.75. The third-order valence-corrected chi connectivity index (χ3v) is 3.58. The Morgan fingerprint density at radius 3 is 2.31 bits per heavy atom. The highest BCUT2D eigenvalue weighted by Crippen LogP contribution is 2.30. The summed E-state index contributed by atoms with van der Waals surface area (Å²) in [5.74, 6) is -0.269. The Morgan fingerprint density at radius 1 is 1.12 bits per heavy atom. The van der Waals surface area contributed by atoms with Gasteiger partial charge in [0.2, 0.25) is 5.91 Å². The van der Waals surface area contributed by atoms with Crippen molar-refractivity contribution in [1.82, 2.24) is 5.32 Å². The summed E-state index contributed by atoms with van der Waals surface area (Å²) in [4.78, 5) is 12.0. The molecule has 0 spiro atoms. The standard InChI is InChI=1S/C18H19F3N2O3/c19-18(20,21)13-6-8-15(9-7-13)26-11-14(24)10-23-17(25)16(22)12-4-2-1-3-5-12/h1-9,14,16,24H,10-11,22H2,(H,23,25). The molecule has 2 aromatic carbocycles. The quantitative estimate of drug-likeness (QED) is 0.700. The van der Waals surface area contributed by atoms with Gasteiger partial charge in [-0.05, 0) is 29.8 Å². The van der Waals surface area contributed by atoms with Crippen molar-refractivity contribution in [2.45, 2.75) is 18.3 Å². The number of hydrogen-bond donors (Lipinski definition) is 3. The van der Waals surface area contributed by atoms with Gasteiger partial charge in [-0.15, -0.1) is 0 Å². The maximum absolute atomic E-state index is 12.5. The number of halogens is 3. The fraction of sp³-hybridized carbons (Fsp3) is 0.278. The van der Waals surface area contributed by atoms with Gasteiger partial charge >= 0.3 is 6.18 Å².